The fourth-order valence-electron chi connectivity index (χ4n) is 2.55. The highest BCUT2D eigenvalue weighted by atomic mass is 35.5. The summed E-state index contributed by atoms with van der Waals surface area (Å²) in [6.07, 6.45) is -1.86. The van der Waals surface area contributed by atoms with Crippen molar-refractivity contribution in [1.82, 2.24) is 9.55 Å². The van der Waals surface area contributed by atoms with Crippen LogP contribution in [0.3, 0.4) is 0 Å². The van der Waals surface area contributed by atoms with E-state index < -0.39 is 24.5 Å². The Morgan fingerprint density at radius 3 is 2.62 bits per heavy atom. The molecule has 1 aliphatic heterocycles. The summed E-state index contributed by atoms with van der Waals surface area (Å²) in [6, 6.07) is 3.26. The Labute approximate surface area is 130 Å². The molecule has 3 rings (SSSR count). The van der Waals surface area contributed by atoms with Crippen molar-refractivity contribution in [3.05, 3.63) is 28.5 Å². The van der Waals surface area contributed by atoms with Gasteiger partial charge in [-0.15, -0.1) is 0 Å². The van der Waals surface area contributed by atoms with Crippen LogP contribution in [0.2, 0.25) is 10.0 Å². The second-order valence-electron chi connectivity index (χ2n) is 4.97. The maximum atomic E-state index is 10.1. The van der Waals surface area contributed by atoms with Gasteiger partial charge in [0.25, 0.3) is 0 Å². The zero-order valence-corrected chi connectivity index (χ0v) is 12.4. The largest absolute Gasteiger partial charge is 0.396 e. The van der Waals surface area contributed by atoms with Gasteiger partial charge in [0.1, 0.15) is 12.2 Å². The van der Waals surface area contributed by atoms with Crippen molar-refractivity contribution in [2.75, 3.05) is 6.61 Å². The number of halogens is 2. The number of aromatic nitrogens is 2. The smallest absolute Gasteiger partial charge is 0.164 e. The van der Waals surface area contributed by atoms with Crippen LogP contribution in [-0.2, 0) is 4.74 Å². The van der Waals surface area contributed by atoms with Crippen LogP contribution in [0.5, 0.6) is 0 Å². The zero-order valence-electron chi connectivity index (χ0n) is 10.9. The third-order valence-corrected chi connectivity index (χ3v) is 4.36. The molecule has 4 atom stereocenters. The van der Waals surface area contributed by atoms with Crippen molar-refractivity contribution in [3.8, 4) is 0 Å². The lowest BCUT2D eigenvalue weighted by atomic mass is 10.1. The SMILES string of the molecule is OCC[C@H]1O[C@@H](n2cnc3cc(Cl)c(Cl)cc32)[C@H](O)[C@@H]1O. The fraction of sp³-hybridized carbons (Fsp3) is 0.462. The highest BCUT2D eigenvalue weighted by molar-refractivity contribution is 6.42. The molecule has 1 saturated heterocycles. The average molecular weight is 333 g/mol. The molecule has 6 nitrogen and oxygen atoms in total. The van der Waals surface area contributed by atoms with E-state index >= 15 is 0 Å². The van der Waals surface area contributed by atoms with Gasteiger partial charge in [0, 0.05) is 6.61 Å². The summed E-state index contributed by atoms with van der Waals surface area (Å²) in [5.41, 5.74) is 1.26. The predicted molar refractivity (Wildman–Crippen MR) is 77.4 cm³/mol. The molecule has 2 heterocycles. The minimum Gasteiger partial charge on any atom is -0.396 e. The Morgan fingerprint density at radius 2 is 1.90 bits per heavy atom. The molecule has 2 aromatic rings. The molecule has 3 N–H and O–H groups in total. The van der Waals surface area contributed by atoms with E-state index in [0.29, 0.717) is 21.1 Å². The van der Waals surface area contributed by atoms with Crippen molar-refractivity contribution in [2.45, 2.75) is 31.0 Å². The van der Waals surface area contributed by atoms with E-state index in [9.17, 15) is 10.2 Å². The molecule has 21 heavy (non-hydrogen) atoms. The van der Waals surface area contributed by atoms with E-state index in [4.69, 9.17) is 33.0 Å². The normalized spacial score (nSPS) is 29.4. The van der Waals surface area contributed by atoms with Gasteiger partial charge in [-0.2, -0.15) is 0 Å². The summed E-state index contributed by atoms with van der Waals surface area (Å²) in [4.78, 5) is 4.19. The zero-order chi connectivity index (χ0) is 15.1. The van der Waals surface area contributed by atoms with Crippen molar-refractivity contribution >= 4 is 34.2 Å². The Hall–Kier alpha value is -0.890. The molecular weight excluding hydrogens is 319 g/mol. The number of benzene rings is 1. The summed E-state index contributed by atoms with van der Waals surface area (Å²) in [7, 11) is 0. The van der Waals surface area contributed by atoms with E-state index in [1.54, 1.807) is 16.7 Å². The van der Waals surface area contributed by atoms with Crippen LogP contribution in [0.25, 0.3) is 11.0 Å². The molecule has 0 saturated carbocycles. The van der Waals surface area contributed by atoms with Crippen LogP contribution < -0.4 is 0 Å². The molecule has 0 bridgehead atoms. The molecule has 0 amide bonds. The number of hydrogen-bond acceptors (Lipinski definition) is 5. The van der Waals surface area contributed by atoms with Gasteiger partial charge >= 0.3 is 0 Å². The minimum absolute atomic E-state index is 0.132. The van der Waals surface area contributed by atoms with Crippen LogP contribution in [0.1, 0.15) is 12.6 Å². The standard InChI is InChI=1S/C13H14Cl2N2O4/c14-6-3-8-9(4-7(6)15)17(5-16-8)13-12(20)11(19)10(21-13)1-2-18/h3-5,10-13,18-20H,1-2H2/t10-,11-,12-,13-/m1/s1. The van der Waals surface area contributed by atoms with Gasteiger partial charge in [-0.25, -0.2) is 4.98 Å². The van der Waals surface area contributed by atoms with Crippen LogP contribution in [0.4, 0.5) is 0 Å². The number of hydrogen-bond donors (Lipinski definition) is 3. The lowest BCUT2D eigenvalue weighted by molar-refractivity contribution is -0.0403. The molecule has 8 heteroatoms. The lowest BCUT2D eigenvalue weighted by Crippen LogP contribution is -2.31. The summed E-state index contributed by atoms with van der Waals surface area (Å²) in [5.74, 6) is 0. The first kappa shape index (κ1) is 15.0. The van der Waals surface area contributed by atoms with E-state index in [1.165, 1.54) is 6.33 Å². The maximum Gasteiger partial charge on any atom is 0.164 e. The lowest BCUT2D eigenvalue weighted by Gasteiger charge is -2.17. The number of rotatable bonds is 3. The molecule has 1 aromatic carbocycles. The van der Waals surface area contributed by atoms with E-state index in [0.717, 1.165) is 0 Å². The summed E-state index contributed by atoms with van der Waals surface area (Å²) in [5, 5.41) is 29.8. The molecular formula is C13H14Cl2N2O4. The number of nitrogens with zero attached hydrogens (tertiary/aromatic N) is 2. The van der Waals surface area contributed by atoms with Gasteiger partial charge in [0.05, 0.1) is 33.5 Å². The fourth-order valence-corrected chi connectivity index (χ4v) is 2.87. The van der Waals surface area contributed by atoms with Gasteiger partial charge < -0.3 is 24.6 Å². The first-order valence-electron chi connectivity index (χ1n) is 6.47. The van der Waals surface area contributed by atoms with Crippen LogP contribution in [0.15, 0.2) is 18.5 Å². The Kier molecular flexibility index (Phi) is 4.09. The Balaban J connectivity index is 1.99. The number of imidazole rings is 1. The highest BCUT2D eigenvalue weighted by Gasteiger charge is 2.43. The predicted octanol–water partition coefficient (Wildman–Crippen LogP) is 1.34. The maximum absolute atomic E-state index is 10.1. The first-order chi connectivity index (χ1) is 10.0. The van der Waals surface area contributed by atoms with E-state index in [2.05, 4.69) is 4.98 Å². The van der Waals surface area contributed by atoms with Crippen LogP contribution >= 0.6 is 23.2 Å². The van der Waals surface area contributed by atoms with Gasteiger partial charge in [0.2, 0.25) is 0 Å². The average Bonchev–Trinajstić information content (AvgIpc) is 2.96. The van der Waals surface area contributed by atoms with Crippen molar-refractivity contribution < 1.29 is 20.1 Å². The molecule has 0 unspecified atom stereocenters. The molecule has 0 spiro atoms. The molecule has 0 radical (unpaired) electrons. The Morgan fingerprint density at radius 1 is 1.19 bits per heavy atom. The summed E-state index contributed by atoms with van der Waals surface area (Å²) < 4.78 is 7.24. The quantitative estimate of drug-likeness (QED) is 0.789. The van der Waals surface area contributed by atoms with Crippen molar-refractivity contribution in [3.63, 3.8) is 0 Å². The van der Waals surface area contributed by atoms with Crippen molar-refractivity contribution in [1.29, 1.82) is 0 Å². The number of aliphatic hydroxyl groups is 3. The molecule has 114 valence electrons. The summed E-state index contributed by atoms with van der Waals surface area (Å²) >= 11 is 12.0. The second-order valence-corrected chi connectivity index (χ2v) is 5.78. The van der Waals surface area contributed by atoms with Gasteiger partial charge in [-0.1, -0.05) is 23.2 Å². The van der Waals surface area contributed by atoms with Gasteiger partial charge in [-0.3, -0.25) is 0 Å². The van der Waals surface area contributed by atoms with E-state index in [1.807, 2.05) is 0 Å². The summed E-state index contributed by atoms with van der Waals surface area (Å²) in [6.45, 7) is -0.132. The topological polar surface area (TPSA) is 87.7 Å². The van der Waals surface area contributed by atoms with E-state index in [-0.39, 0.29) is 13.0 Å². The third kappa shape index (κ3) is 2.52. The minimum atomic E-state index is -1.12. The number of aliphatic hydroxyl groups excluding tert-OH is 3. The van der Waals surface area contributed by atoms with Crippen molar-refractivity contribution in [2.24, 2.45) is 0 Å². The van der Waals surface area contributed by atoms with Crippen LogP contribution in [0, 0.1) is 0 Å². The number of fused-ring (bicyclic) bond motifs is 1. The Bertz CT molecular complexity index is 663. The first-order valence-corrected chi connectivity index (χ1v) is 7.22. The molecule has 1 aliphatic rings. The van der Waals surface area contributed by atoms with Gasteiger partial charge in [-0.05, 0) is 18.6 Å². The number of ether oxygens (including phenoxy) is 1. The molecule has 0 aliphatic carbocycles. The monoisotopic (exact) mass is 332 g/mol. The van der Waals surface area contributed by atoms with Crippen LogP contribution in [-0.4, -0.2) is 49.8 Å². The van der Waals surface area contributed by atoms with Gasteiger partial charge in [0.15, 0.2) is 6.23 Å². The third-order valence-electron chi connectivity index (χ3n) is 3.64. The second kappa shape index (κ2) is 5.72. The molecule has 1 fully saturated rings. The molecule has 1 aromatic heterocycles. The highest BCUT2D eigenvalue weighted by Crippen LogP contribution is 2.35.